The Kier molecular flexibility index (Phi) is 6.15. The van der Waals surface area contributed by atoms with Crippen molar-refractivity contribution in [2.45, 2.75) is 56.8 Å². The zero-order chi connectivity index (χ0) is 21.8. The maximum atomic E-state index is 6.11. The van der Waals surface area contributed by atoms with Crippen molar-refractivity contribution >= 4 is 17.0 Å². The van der Waals surface area contributed by atoms with E-state index in [0.29, 0.717) is 11.5 Å². The summed E-state index contributed by atoms with van der Waals surface area (Å²) in [5, 5.41) is 11.3. The zero-order valence-corrected chi connectivity index (χ0v) is 18.5. The van der Waals surface area contributed by atoms with Gasteiger partial charge in [-0.2, -0.15) is 10.3 Å². The van der Waals surface area contributed by atoms with Gasteiger partial charge in [-0.3, -0.25) is 0 Å². The van der Waals surface area contributed by atoms with Gasteiger partial charge in [-0.1, -0.05) is 73.5 Å². The first kappa shape index (κ1) is 20.7. The number of pyridine rings is 1. The van der Waals surface area contributed by atoms with Crippen molar-refractivity contribution in [3.63, 3.8) is 0 Å². The van der Waals surface area contributed by atoms with E-state index in [1.165, 1.54) is 49.7 Å². The first-order valence-electron chi connectivity index (χ1n) is 11.8. The maximum absolute atomic E-state index is 6.11. The van der Waals surface area contributed by atoms with Crippen LogP contribution in [-0.4, -0.2) is 20.4 Å². The van der Waals surface area contributed by atoms with E-state index in [4.69, 9.17) is 5.73 Å². The normalized spacial score (nSPS) is 19.8. The number of aromatic nitrogens is 4. The molecule has 0 spiro atoms. The molecule has 0 aliphatic heterocycles. The number of benzene rings is 2. The van der Waals surface area contributed by atoms with Crippen molar-refractivity contribution in [1.29, 1.82) is 0 Å². The molecular weight excluding hydrogens is 394 g/mol. The van der Waals surface area contributed by atoms with Crippen molar-refractivity contribution in [3.8, 4) is 0 Å². The molecular formula is C27H31N5. The quantitative estimate of drug-likeness (QED) is 0.369. The Morgan fingerprint density at radius 1 is 0.906 bits per heavy atom. The highest BCUT2D eigenvalue weighted by molar-refractivity contribution is 5.77. The van der Waals surface area contributed by atoms with Gasteiger partial charge in [0.1, 0.15) is 11.3 Å². The number of nitrogen functional groups attached to an aromatic ring is 1. The molecule has 5 rings (SSSR count). The molecule has 1 atom stereocenters. The fraction of sp³-hybridized carbons (Fsp3) is 0.370. The van der Waals surface area contributed by atoms with Gasteiger partial charge in [0.25, 0.3) is 0 Å². The topological polar surface area (TPSA) is 80.5 Å². The molecule has 0 bridgehead atoms. The Morgan fingerprint density at radius 2 is 1.62 bits per heavy atom. The third-order valence-corrected chi connectivity index (χ3v) is 7.14. The minimum atomic E-state index is 0.245. The number of H-pyrrole nitrogens is 1. The Hall–Kier alpha value is -3.21. The average molecular weight is 426 g/mol. The van der Waals surface area contributed by atoms with Crippen LogP contribution in [-0.2, 0) is 0 Å². The lowest BCUT2D eigenvalue weighted by atomic mass is 9.76. The second-order valence-corrected chi connectivity index (χ2v) is 9.15. The van der Waals surface area contributed by atoms with E-state index in [-0.39, 0.29) is 5.92 Å². The highest BCUT2D eigenvalue weighted by Gasteiger charge is 2.24. The van der Waals surface area contributed by atoms with Crippen LogP contribution in [0.2, 0.25) is 0 Å². The lowest BCUT2D eigenvalue weighted by molar-refractivity contribution is 0.301. The summed E-state index contributed by atoms with van der Waals surface area (Å²) in [6.45, 7) is 0. The number of nitrogens with two attached hydrogens (primary N) is 1. The molecule has 164 valence electrons. The maximum Gasteiger partial charge on any atom is 0.203 e. The standard InChI is InChI=1S/C27H31N5/c28-25-18-24(26-27(29-25)31-32-30-26)23(22-11-5-2-6-12-22)13-7-8-19-14-16-21(17-15-19)20-9-3-1-4-10-20/h1-6,9-12,18-19,21,23H,7-8,13-17H2,(H3,28,29,30,31,32). The Labute approximate surface area is 189 Å². The lowest BCUT2D eigenvalue weighted by Crippen LogP contribution is -2.14. The molecule has 3 N–H and O–H groups in total. The van der Waals surface area contributed by atoms with Gasteiger partial charge >= 0.3 is 0 Å². The number of nitrogens with one attached hydrogen (secondary N) is 1. The molecule has 0 amide bonds. The third kappa shape index (κ3) is 4.52. The second-order valence-electron chi connectivity index (χ2n) is 9.15. The van der Waals surface area contributed by atoms with Gasteiger partial charge in [-0.15, -0.1) is 5.10 Å². The number of hydrogen-bond donors (Lipinski definition) is 2. The minimum Gasteiger partial charge on any atom is -0.384 e. The number of hydrogen-bond acceptors (Lipinski definition) is 4. The van der Waals surface area contributed by atoms with Crippen LogP contribution in [0.4, 0.5) is 5.82 Å². The van der Waals surface area contributed by atoms with Gasteiger partial charge in [-0.25, -0.2) is 4.98 Å². The number of nitrogens with zero attached hydrogens (tertiary/aromatic N) is 3. The van der Waals surface area contributed by atoms with Gasteiger partial charge in [0.15, 0.2) is 0 Å². The van der Waals surface area contributed by atoms with Gasteiger partial charge < -0.3 is 5.73 Å². The van der Waals surface area contributed by atoms with E-state index in [2.05, 4.69) is 81.1 Å². The number of anilines is 1. The van der Waals surface area contributed by atoms with Crippen molar-refractivity contribution < 1.29 is 0 Å². The average Bonchev–Trinajstić information content (AvgIpc) is 3.31. The first-order chi connectivity index (χ1) is 15.8. The summed E-state index contributed by atoms with van der Waals surface area (Å²) in [5.74, 6) is 2.32. The number of aromatic amines is 1. The largest absolute Gasteiger partial charge is 0.384 e. The van der Waals surface area contributed by atoms with E-state index < -0.39 is 0 Å². The van der Waals surface area contributed by atoms with Gasteiger partial charge in [0, 0.05) is 5.92 Å². The van der Waals surface area contributed by atoms with Crippen LogP contribution in [0.15, 0.2) is 66.7 Å². The van der Waals surface area contributed by atoms with E-state index >= 15 is 0 Å². The molecule has 4 aromatic rings. The van der Waals surface area contributed by atoms with Crippen LogP contribution in [0.1, 0.15) is 73.5 Å². The fourth-order valence-corrected chi connectivity index (χ4v) is 5.45. The Bertz CT molecular complexity index is 1130. The summed E-state index contributed by atoms with van der Waals surface area (Å²) < 4.78 is 0. The SMILES string of the molecule is Nc1cc(C(CCCC2CCC(c3ccccc3)CC2)c2ccccc2)c2n[nH]nc2n1. The smallest absolute Gasteiger partial charge is 0.203 e. The minimum absolute atomic E-state index is 0.245. The van der Waals surface area contributed by atoms with Gasteiger partial charge in [0.05, 0.1) is 0 Å². The predicted molar refractivity (Wildman–Crippen MR) is 129 cm³/mol. The molecule has 0 saturated heterocycles. The molecule has 1 fully saturated rings. The highest BCUT2D eigenvalue weighted by Crippen LogP contribution is 2.39. The monoisotopic (exact) mass is 425 g/mol. The molecule has 5 nitrogen and oxygen atoms in total. The second kappa shape index (κ2) is 9.51. The third-order valence-electron chi connectivity index (χ3n) is 7.14. The molecule has 1 saturated carbocycles. The van der Waals surface area contributed by atoms with Crippen molar-refractivity contribution in [2.75, 3.05) is 5.73 Å². The molecule has 1 aliphatic rings. The van der Waals surface area contributed by atoms with Crippen LogP contribution in [0, 0.1) is 5.92 Å². The summed E-state index contributed by atoms with van der Waals surface area (Å²) in [5.41, 5.74) is 11.5. The van der Waals surface area contributed by atoms with E-state index in [1.807, 2.05) is 6.07 Å². The molecule has 2 aromatic heterocycles. The summed E-state index contributed by atoms with van der Waals surface area (Å²) in [6.07, 6.45) is 8.87. The molecule has 1 unspecified atom stereocenters. The van der Waals surface area contributed by atoms with Crippen LogP contribution in [0.5, 0.6) is 0 Å². The van der Waals surface area contributed by atoms with Crippen LogP contribution in [0.3, 0.4) is 0 Å². The van der Waals surface area contributed by atoms with Crippen LogP contribution in [0.25, 0.3) is 11.2 Å². The molecule has 2 aromatic carbocycles. The van der Waals surface area contributed by atoms with Gasteiger partial charge in [0.2, 0.25) is 5.65 Å². The molecule has 32 heavy (non-hydrogen) atoms. The summed E-state index contributed by atoms with van der Waals surface area (Å²) in [4.78, 5) is 4.33. The predicted octanol–water partition coefficient (Wildman–Crippen LogP) is 6.21. The Morgan fingerprint density at radius 3 is 2.38 bits per heavy atom. The van der Waals surface area contributed by atoms with Crippen molar-refractivity contribution in [3.05, 3.63) is 83.4 Å². The van der Waals surface area contributed by atoms with Gasteiger partial charge in [-0.05, 0) is 66.7 Å². The fourth-order valence-electron chi connectivity index (χ4n) is 5.45. The lowest BCUT2D eigenvalue weighted by Gasteiger charge is -2.29. The van der Waals surface area contributed by atoms with Crippen LogP contribution >= 0.6 is 0 Å². The van der Waals surface area contributed by atoms with E-state index in [1.54, 1.807) is 0 Å². The molecule has 2 heterocycles. The van der Waals surface area contributed by atoms with E-state index in [9.17, 15) is 0 Å². The number of fused-ring (bicyclic) bond motifs is 1. The van der Waals surface area contributed by atoms with Crippen LogP contribution < -0.4 is 5.73 Å². The molecule has 1 aliphatic carbocycles. The van der Waals surface area contributed by atoms with Crippen molar-refractivity contribution in [1.82, 2.24) is 20.4 Å². The summed E-state index contributed by atoms with van der Waals surface area (Å²) in [6, 6.07) is 23.7. The zero-order valence-electron chi connectivity index (χ0n) is 18.5. The van der Waals surface area contributed by atoms with E-state index in [0.717, 1.165) is 29.3 Å². The Balaban J connectivity index is 1.26. The summed E-state index contributed by atoms with van der Waals surface area (Å²) in [7, 11) is 0. The molecule has 5 heteroatoms. The summed E-state index contributed by atoms with van der Waals surface area (Å²) >= 11 is 0. The first-order valence-corrected chi connectivity index (χ1v) is 11.8. The molecule has 0 radical (unpaired) electrons. The number of rotatable bonds is 7. The highest BCUT2D eigenvalue weighted by atomic mass is 15.3. The van der Waals surface area contributed by atoms with Crippen molar-refractivity contribution in [2.24, 2.45) is 5.92 Å².